The van der Waals surface area contributed by atoms with Gasteiger partial charge < -0.3 is 15.3 Å². The highest BCUT2D eigenvalue weighted by atomic mass is 16.3. The smallest absolute Gasteiger partial charge is 0.236 e. The first-order valence-electron chi connectivity index (χ1n) is 4.35. The van der Waals surface area contributed by atoms with Crippen LogP contribution < -0.4 is 5.32 Å². The van der Waals surface area contributed by atoms with Gasteiger partial charge in [-0.2, -0.15) is 0 Å². The van der Waals surface area contributed by atoms with Crippen LogP contribution in [0.15, 0.2) is 0 Å². The van der Waals surface area contributed by atoms with Crippen LogP contribution in [0, 0.1) is 0 Å². The second kappa shape index (κ2) is 7.06. The highest BCUT2D eigenvalue weighted by Gasteiger charge is 2.07. The zero-order chi connectivity index (χ0) is 9.40. The van der Waals surface area contributed by atoms with Gasteiger partial charge in [0, 0.05) is 19.6 Å². The maximum atomic E-state index is 11.3. The van der Waals surface area contributed by atoms with E-state index in [1.54, 1.807) is 4.90 Å². The first-order valence-corrected chi connectivity index (χ1v) is 4.35. The van der Waals surface area contributed by atoms with Gasteiger partial charge in [-0.25, -0.2) is 0 Å². The summed E-state index contributed by atoms with van der Waals surface area (Å²) in [4.78, 5) is 13.0. The van der Waals surface area contributed by atoms with Crippen molar-refractivity contribution >= 4 is 5.91 Å². The van der Waals surface area contributed by atoms with E-state index in [0.717, 1.165) is 13.1 Å². The van der Waals surface area contributed by atoms with Gasteiger partial charge in [0.15, 0.2) is 0 Å². The number of carbonyl (C=O) groups is 1. The number of aliphatic hydroxyl groups excluding tert-OH is 1. The van der Waals surface area contributed by atoms with Crippen LogP contribution in [0.4, 0.5) is 0 Å². The van der Waals surface area contributed by atoms with Crippen LogP contribution >= 0.6 is 0 Å². The minimum Gasteiger partial charge on any atom is -0.395 e. The molecule has 12 heavy (non-hydrogen) atoms. The quantitative estimate of drug-likeness (QED) is 0.531. The van der Waals surface area contributed by atoms with Gasteiger partial charge in [-0.1, -0.05) is 0 Å². The van der Waals surface area contributed by atoms with Gasteiger partial charge in [0.25, 0.3) is 0 Å². The van der Waals surface area contributed by atoms with Crippen LogP contribution in [0.1, 0.15) is 13.8 Å². The maximum Gasteiger partial charge on any atom is 0.236 e. The monoisotopic (exact) mass is 174 g/mol. The topological polar surface area (TPSA) is 52.6 Å². The molecule has 0 saturated heterocycles. The molecule has 0 unspecified atom stereocenters. The number of likely N-dealkylation sites (N-methyl/N-ethyl adjacent to an activating group) is 1. The zero-order valence-corrected chi connectivity index (χ0v) is 7.84. The van der Waals surface area contributed by atoms with Crippen LogP contribution in [0.25, 0.3) is 0 Å². The van der Waals surface area contributed by atoms with Crippen molar-refractivity contribution in [1.82, 2.24) is 10.2 Å². The molecule has 0 bridgehead atoms. The Kier molecular flexibility index (Phi) is 6.70. The summed E-state index contributed by atoms with van der Waals surface area (Å²) in [6, 6.07) is 0. The molecule has 0 aliphatic carbocycles. The van der Waals surface area contributed by atoms with Gasteiger partial charge in [0.2, 0.25) is 5.91 Å². The van der Waals surface area contributed by atoms with Crippen LogP contribution in [-0.2, 0) is 4.79 Å². The number of aliphatic hydroxyl groups is 1. The summed E-state index contributed by atoms with van der Waals surface area (Å²) in [5.74, 6) is 0.0912. The van der Waals surface area contributed by atoms with Crippen molar-refractivity contribution in [2.45, 2.75) is 13.8 Å². The third kappa shape index (κ3) is 4.31. The van der Waals surface area contributed by atoms with E-state index in [-0.39, 0.29) is 12.5 Å². The summed E-state index contributed by atoms with van der Waals surface area (Å²) in [6.07, 6.45) is 0. The minimum atomic E-state index is 0.0749. The SMILES string of the molecule is CCN(CC)C(=O)CNCCO. The van der Waals surface area contributed by atoms with E-state index in [4.69, 9.17) is 5.11 Å². The molecule has 0 radical (unpaired) electrons. The number of hydrogen-bond donors (Lipinski definition) is 2. The number of nitrogens with zero attached hydrogens (tertiary/aromatic N) is 1. The van der Waals surface area contributed by atoms with Crippen LogP contribution in [0.3, 0.4) is 0 Å². The Morgan fingerprint density at radius 2 is 2.00 bits per heavy atom. The van der Waals surface area contributed by atoms with Crippen LogP contribution in [0.5, 0.6) is 0 Å². The van der Waals surface area contributed by atoms with Crippen molar-refractivity contribution < 1.29 is 9.90 Å². The molecule has 0 fully saturated rings. The molecule has 2 N–H and O–H groups in total. The van der Waals surface area contributed by atoms with E-state index >= 15 is 0 Å². The lowest BCUT2D eigenvalue weighted by Crippen LogP contribution is -2.38. The lowest BCUT2D eigenvalue weighted by molar-refractivity contribution is -0.129. The first-order chi connectivity index (χ1) is 5.76. The maximum absolute atomic E-state index is 11.3. The van der Waals surface area contributed by atoms with Gasteiger partial charge in [-0.15, -0.1) is 0 Å². The second-order valence-electron chi connectivity index (χ2n) is 2.47. The summed E-state index contributed by atoms with van der Waals surface area (Å²) in [7, 11) is 0. The summed E-state index contributed by atoms with van der Waals surface area (Å²) >= 11 is 0. The Morgan fingerprint density at radius 1 is 1.42 bits per heavy atom. The molecular formula is C8H18N2O2. The van der Waals surface area contributed by atoms with Crippen molar-refractivity contribution in [3.8, 4) is 0 Å². The second-order valence-corrected chi connectivity index (χ2v) is 2.47. The summed E-state index contributed by atoms with van der Waals surface area (Å²) in [5.41, 5.74) is 0. The molecule has 4 heteroatoms. The molecule has 0 aliphatic rings. The average molecular weight is 174 g/mol. The lowest BCUT2D eigenvalue weighted by atomic mass is 10.4. The molecule has 0 aromatic rings. The molecule has 0 aliphatic heterocycles. The molecule has 0 saturated carbocycles. The molecule has 0 atom stereocenters. The molecule has 0 rings (SSSR count). The third-order valence-corrected chi connectivity index (χ3v) is 1.68. The molecular weight excluding hydrogens is 156 g/mol. The minimum absolute atomic E-state index is 0.0749. The Hall–Kier alpha value is -0.610. The lowest BCUT2D eigenvalue weighted by Gasteiger charge is -2.18. The number of rotatable bonds is 6. The molecule has 72 valence electrons. The van der Waals surface area contributed by atoms with E-state index in [1.807, 2.05) is 13.8 Å². The Balaban J connectivity index is 3.54. The van der Waals surface area contributed by atoms with Gasteiger partial charge in [-0.3, -0.25) is 4.79 Å². The van der Waals surface area contributed by atoms with Crippen molar-refractivity contribution in [3.05, 3.63) is 0 Å². The first kappa shape index (κ1) is 11.4. The Bertz CT molecular complexity index is 124. The fourth-order valence-electron chi connectivity index (χ4n) is 0.962. The zero-order valence-electron chi connectivity index (χ0n) is 7.84. The summed E-state index contributed by atoms with van der Waals surface area (Å²) in [6.45, 7) is 6.27. The van der Waals surface area contributed by atoms with E-state index in [2.05, 4.69) is 5.32 Å². The van der Waals surface area contributed by atoms with Crippen molar-refractivity contribution in [2.75, 3.05) is 32.8 Å². The van der Waals surface area contributed by atoms with Gasteiger partial charge in [0.1, 0.15) is 0 Å². The summed E-state index contributed by atoms with van der Waals surface area (Å²) < 4.78 is 0. The number of carbonyl (C=O) groups excluding carboxylic acids is 1. The number of hydrogen-bond acceptors (Lipinski definition) is 3. The summed E-state index contributed by atoms with van der Waals surface area (Å²) in [5, 5.41) is 11.3. The van der Waals surface area contributed by atoms with Crippen molar-refractivity contribution in [1.29, 1.82) is 0 Å². The molecule has 0 heterocycles. The third-order valence-electron chi connectivity index (χ3n) is 1.68. The number of amides is 1. The van der Waals surface area contributed by atoms with Crippen molar-refractivity contribution in [2.24, 2.45) is 0 Å². The van der Waals surface area contributed by atoms with E-state index in [9.17, 15) is 4.79 Å². The molecule has 0 aromatic heterocycles. The standard InChI is InChI=1S/C8H18N2O2/c1-3-10(4-2)8(12)7-9-5-6-11/h9,11H,3-7H2,1-2H3. The van der Waals surface area contributed by atoms with Crippen LogP contribution in [-0.4, -0.2) is 48.7 Å². The fraction of sp³-hybridized carbons (Fsp3) is 0.875. The molecule has 0 aromatic carbocycles. The Morgan fingerprint density at radius 3 is 2.42 bits per heavy atom. The molecule has 1 amide bonds. The predicted octanol–water partition coefficient (Wildman–Crippen LogP) is -0.563. The number of nitrogens with one attached hydrogen (secondary N) is 1. The normalized spacial score (nSPS) is 9.92. The van der Waals surface area contributed by atoms with E-state index in [0.29, 0.717) is 13.1 Å². The largest absolute Gasteiger partial charge is 0.395 e. The predicted molar refractivity (Wildman–Crippen MR) is 47.9 cm³/mol. The van der Waals surface area contributed by atoms with E-state index < -0.39 is 0 Å². The van der Waals surface area contributed by atoms with Gasteiger partial charge in [-0.05, 0) is 13.8 Å². The van der Waals surface area contributed by atoms with Crippen LogP contribution in [0.2, 0.25) is 0 Å². The average Bonchev–Trinajstić information content (AvgIpc) is 2.07. The highest BCUT2D eigenvalue weighted by molar-refractivity contribution is 5.78. The Labute approximate surface area is 73.6 Å². The molecule has 4 nitrogen and oxygen atoms in total. The van der Waals surface area contributed by atoms with Crippen molar-refractivity contribution in [3.63, 3.8) is 0 Å². The van der Waals surface area contributed by atoms with Gasteiger partial charge in [0.05, 0.1) is 13.2 Å². The molecule has 0 spiro atoms. The highest BCUT2D eigenvalue weighted by Crippen LogP contribution is 1.86. The van der Waals surface area contributed by atoms with Gasteiger partial charge >= 0.3 is 0 Å². The fourth-order valence-corrected chi connectivity index (χ4v) is 0.962. The van der Waals surface area contributed by atoms with E-state index in [1.165, 1.54) is 0 Å².